The fraction of sp³-hybridized carbons (Fsp3) is 0.133. The number of urea groups is 1. The van der Waals surface area contributed by atoms with E-state index >= 15 is 0 Å². The highest BCUT2D eigenvalue weighted by atomic mass is 79.9. The molecule has 0 aliphatic carbocycles. The lowest BCUT2D eigenvalue weighted by atomic mass is 10.3. The Balaban J connectivity index is 1.72. The summed E-state index contributed by atoms with van der Waals surface area (Å²) in [5.41, 5.74) is 0.647. The number of benzene rings is 2. The van der Waals surface area contributed by atoms with E-state index in [0.717, 1.165) is 16.6 Å². The Morgan fingerprint density at radius 1 is 1.14 bits per heavy atom. The summed E-state index contributed by atoms with van der Waals surface area (Å²) in [5.74, 6) is -1.70. The van der Waals surface area contributed by atoms with Gasteiger partial charge < -0.3 is 15.4 Å². The van der Waals surface area contributed by atoms with Crippen LogP contribution in [0.1, 0.15) is 0 Å². The maximum absolute atomic E-state index is 13.0. The van der Waals surface area contributed by atoms with Crippen molar-refractivity contribution >= 4 is 27.6 Å². The van der Waals surface area contributed by atoms with Gasteiger partial charge in [0.05, 0.1) is 6.54 Å². The Labute approximate surface area is 134 Å². The maximum atomic E-state index is 13.0. The molecule has 4 nitrogen and oxygen atoms in total. The van der Waals surface area contributed by atoms with Crippen molar-refractivity contribution in [3.8, 4) is 5.75 Å². The highest BCUT2D eigenvalue weighted by molar-refractivity contribution is 9.10. The normalized spacial score (nSPS) is 10.1. The molecule has 2 amide bonds. The van der Waals surface area contributed by atoms with Crippen LogP contribution in [0.4, 0.5) is 19.3 Å². The first kappa shape index (κ1) is 16.2. The quantitative estimate of drug-likeness (QED) is 0.783. The van der Waals surface area contributed by atoms with Crippen LogP contribution < -0.4 is 15.4 Å². The number of amides is 2. The van der Waals surface area contributed by atoms with Gasteiger partial charge in [-0.1, -0.05) is 22.0 Å². The summed E-state index contributed by atoms with van der Waals surface area (Å²) < 4.78 is 31.7. The monoisotopic (exact) mass is 370 g/mol. The Morgan fingerprint density at radius 3 is 2.68 bits per heavy atom. The molecule has 22 heavy (non-hydrogen) atoms. The minimum atomic E-state index is -0.974. The summed E-state index contributed by atoms with van der Waals surface area (Å²) in [4.78, 5) is 11.6. The molecule has 0 fully saturated rings. The molecule has 0 aromatic heterocycles. The van der Waals surface area contributed by atoms with Gasteiger partial charge in [-0.3, -0.25) is 0 Å². The zero-order valence-corrected chi connectivity index (χ0v) is 13.0. The lowest BCUT2D eigenvalue weighted by Gasteiger charge is -2.09. The zero-order chi connectivity index (χ0) is 15.9. The molecule has 116 valence electrons. The summed E-state index contributed by atoms with van der Waals surface area (Å²) in [6, 6.07) is 10.0. The van der Waals surface area contributed by atoms with Crippen molar-refractivity contribution in [3.05, 3.63) is 58.6 Å². The molecule has 0 spiro atoms. The Kier molecular flexibility index (Phi) is 5.71. The molecule has 2 aromatic rings. The lowest BCUT2D eigenvalue weighted by Crippen LogP contribution is -2.32. The van der Waals surface area contributed by atoms with E-state index in [0.29, 0.717) is 5.69 Å². The Bertz CT molecular complexity index is 668. The average molecular weight is 371 g/mol. The number of anilines is 1. The van der Waals surface area contributed by atoms with E-state index in [1.807, 2.05) is 6.07 Å². The standard InChI is InChI=1S/C15H13BrF2N2O2/c16-10-2-1-3-11(8-10)20-15(21)19-6-7-22-12-4-5-13(17)14(18)9-12/h1-5,8-9H,6-7H2,(H2,19,20,21). The van der Waals surface area contributed by atoms with Crippen molar-refractivity contribution in [1.82, 2.24) is 5.32 Å². The maximum Gasteiger partial charge on any atom is 0.319 e. The van der Waals surface area contributed by atoms with Crippen molar-refractivity contribution < 1.29 is 18.3 Å². The summed E-state index contributed by atoms with van der Waals surface area (Å²) in [7, 11) is 0. The van der Waals surface area contributed by atoms with Gasteiger partial charge in [-0.2, -0.15) is 0 Å². The zero-order valence-electron chi connectivity index (χ0n) is 11.4. The largest absolute Gasteiger partial charge is 0.492 e. The van der Waals surface area contributed by atoms with Crippen LogP contribution >= 0.6 is 15.9 Å². The molecule has 0 radical (unpaired) electrons. The smallest absolute Gasteiger partial charge is 0.319 e. The van der Waals surface area contributed by atoms with Crippen molar-refractivity contribution in [2.45, 2.75) is 0 Å². The molecule has 0 aliphatic rings. The van der Waals surface area contributed by atoms with E-state index in [2.05, 4.69) is 26.6 Å². The molecular formula is C15H13BrF2N2O2. The molecule has 0 saturated carbocycles. The van der Waals surface area contributed by atoms with Gasteiger partial charge in [-0.25, -0.2) is 13.6 Å². The molecule has 0 aliphatic heterocycles. The number of hydrogen-bond donors (Lipinski definition) is 2. The molecule has 7 heteroatoms. The van der Waals surface area contributed by atoms with Crippen LogP contribution in [0.2, 0.25) is 0 Å². The highest BCUT2D eigenvalue weighted by Crippen LogP contribution is 2.16. The molecule has 0 atom stereocenters. The predicted octanol–water partition coefficient (Wildman–Crippen LogP) is 3.93. The fourth-order valence-corrected chi connectivity index (χ4v) is 2.04. The van der Waals surface area contributed by atoms with E-state index in [1.165, 1.54) is 6.07 Å². The first-order chi connectivity index (χ1) is 10.5. The van der Waals surface area contributed by atoms with Gasteiger partial charge in [0.15, 0.2) is 11.6 Å². The third-order valence-corrected chi connectivity index (χ3v) is 3.12. The van der Waals surface area contributed by atoms with Gasteiger partial charge in [0.25, 0.3) is 0 Å². The van der Waals surface area contributed by atoms with Crippen molar-refractivity contribution in [1.29, 1.82) is 0 Å². The van der Waals surface area contributed by atoms with E-state index < -0.39 is 11.6 Å². The summed E-state index contributed by atoms with van der Waals surface area (Å²) in [6.07, 6.45) is 0. The third kappa shape index (κ3) is 5.00. The first-order valence-electron chi connectivity index (χ1n) is 6.43. The van der Waals surface area contributed by atoms with E-state index in [-0.39, 0.29) is 24.9 Å². The summed E-state index contributed by atoms with van der Waals surface area (Å²) in [6.45, 7) is 0.357. The van der Waals surface area contributed by atoms with Crippen LogP contribution in [0, 0.1) is 11.6 Å². The minimum Gasteiger partial charge on any atom is -0.492 e. The summed E-state index contributed by atoms with van der Waals surface area (Å²) >= 11 is 3.30. The number of halogens is 3. The average Bonchev–Trinajstić information content (AvgIpc) is 2.47. The predicted molar refractivity (Wildman–Crippen MR) is 83.0 cm³/mol. The summed E-state index contributed by atoms with van der Waals surface area (Å²) in [5, 5.41) is 5.24. The number of ether oxygens (including phenoxy) is 1. The number of rotatable bonds is 5. The second-order valence-corrected chi connectivity index (χ2v) is 5.23. The van der Waals surface area contributed by atoms with Crippen molar-refractivity contribution in [3.63, 3.8) is 0 Å². The van der Waals surface area contributed by atoms with Gasteiger partial charge in [-0.15, -0.1) is 0 Å². The molecule has 2 N–H and O–H groups in total. The molecule has 2 aromatic carbocycles. The molecule has 0 unspecified atom stereocenters. The van der Waals surface area contributed by atoms with Gasteiger partial charge in [-0.05, 0) is 30.3 Å². The van der Waals surface area contributed by atoms with Crippen LogP contribution in [-0.2, 0) is 0 Å². The topological polar surface area (TPSA) is 50.4 Å². The second-order valence-electron chi connectivity index (χ2n) is 4.32. The Morgan fingerprint density at radius 2 is 1.95 bits per heavy atom. The van der Waals surface area contributed by atoms with Crippen LogP contribution in [0.25, 0.3) is 0 Å². The molecule has 0 bridgehead atoms. The van der Waals surface area contributed by atoms with Crippen LogP contribution in [0.3, 0.4) is 0 Å². The number of carbonyl (C=O) groups excluding carboxylic acids is 1. The fourth-order valence-electron chi connectivity index (χ4n) is 1.64. The second kappa shape index (κ2) is 7.74. The molecular weight excluding hydrogens is 358 g/mol. The molecule has 0 heterocycles. The molecule has 2 rings (SSSR count). The SMILES string of the molecule is O=C(NCCOc1ccc(F)c(F)c1)Nc1cccc(Br)c1. The van der Waals surface area contributed by atoms with Crippen LogP contribution in [0.15, 0.2) is 46.9 Å². The van der Waals surface area contributed by atoms with Gasteiger partial charge in [0.2, 0.25) is 0 Å². The minimum absolute atomic E-state index is 0.136. The number of nitrogens with one attached hydrogen (secondary N) is 2. The highest BCUT2D eigenvalue weighted by Gasteiger charge is 2.04. The number of hydrogen-bond acceptors (Lipinski definition) is 2. The lowest BCUT2D eigenvalue weighted by molar-refractivity contribution is 0.247. The third-order valence-electron chi connectivity index (χ3n) is 2.63. The van der Waals surface area contributed by atoms with Gasteiger partial charge >= 0.3 is 6.03 Å². The van der Waals surface area contributed by atoms with Gasteiger partial charge in [0, 0.05) is 16.2 Å². The van der Waals surface area contributed by atoms with E-state index in [4.69, 9.17) is 4.74 Å². The molecule has 0 saturated heterocycles. The van der Waals surface area contributed by atoms with E-state index in [9.17, 15) is 13.6 Å². The van der Waals surface area contributed by atoms with Crippen LogP contribution in [-0.4, -0.2) is 19.2 Å². The van der Waals surface area contributed by atoms with Gasteiger partial charge in [0.1, 0.15) is 12.4 Å². The Hall–Kier alpha value is -2.15. The van der Waals surface area contributed by atoms with Crippen molar-refractivity contribution in [2.75, 3.05) is 18.5 Å². The van der Waals surface area contributed by atoms with E-state index in [1.54, 1.807) is 18.2 Å². The number of carbonyl (C=O) groups is 1. The first-order valence-corrected chi connectivity index (χ1v) is 7.22. The van der Waals surface area contributed by atoms with Crippen molar-refractivity contribution in [2.24, 2.45) is 0 Å². The van der Waals surface area contributed by atoms with Crippen LogP contribution in [0.5, 0.6) is 5.75 Å².